The predicted molar refractivity (Wildman–Crippen MR) is 252 cm³/mol. The van der Waals surface area contributed by atoms with Crippen molar-refractivity contribution in [1.82, 2.24) is 19.5 Å². The summed E-state index contributed by atoms with van der Waals surface area (Å²) in [5.74, 6) is 1.92. The van der Waals surface area contributed by atoms with Crippen molar-refractivity contribution in [2.45, 2.75) is 0 Å². The summed E-state index contributed by atoms with van der Waals surface area (Å²) in [4.78, 5) is 15.0. The first-order chi connectivity index (χ1) is 30.2. The average molecular weight is 779 g/mol. The second kappa shape index (κ2) is 15.5. The van der Waals surface area contributed by atoms with Gasteiger partial charge in [0.15, 0.2) is 17.5 Å². The summed E-state index contributed by atoms with van der Waals surface area (Å²) in [6, 6.07) is 81.4. The van der Waals surface area contributed by atoms with Crippen LogP contribution < -0.4 is 0 Å². The zero-order valence-corrected chi connectivity index (χ0v) is 33.2. The first kappa shape index (κ1) is 35.9. The summed E-state index contributed by atoms with van der Waals surface area (Å²) in [6.07, 6.45) is 0. The summed E-state index contributed by atoms with van der Waals surface area (Å²) in [5, 5.41) is 2.48. The second-order valence-corrected chi connectivity index (χ2v) is 15.3. The minimum atomic E-state index is 0.630. The van der Waals surface area contributed by atoms with E-state index in [9.17, 15) is 0 Å². The normalized spacial score (nSPS) is 11.3. The van der Waals surface area contributed by atoms with E-state index in [1.54, 1.807) is 0 Å². The molecule has 11 aromatic rings. The Morgan fingerprint density at radius 2 is 0.607 bits per heavy atom. The van der Waals surface area contributed by atoms with E-state index in [0.717, 1.165) is 55.8 Å². The van der Waals surface area contributed by atoms with Gasteiger partial charge in [0.2, 0.25) is 0 Å². The van der Waals surface area contributed by atoms with E-state index < -0.39 is 0 Å². The molecule has 61 heavy (non-hydrogen) atoms. The number of fused-ring (bicyclic) bond motifs is 3. The van der Waals surface area contributed by atoms with E-state index >= 15 is 0 Å². The molecular weight excluding hydrogens is 741 g/mol. The van der Waals surface area contributed by atoms with E-state index in [1.165, 1.54) is 32.9 Å². The lowest BCUT2D eigenvalue weighted by molar-refractivity contribution is 1.07. The third-order valence-corrected chi connectivity index (χ3v) is 11.4. The topological polar surface area (TPSA) is 43.6 Å². The molecule has 2 heterocycles. The SMILES string of the molecule is c1ccc(-c2cc(-c3cccc(-c4ccc5c(c4)c4ccccc4n5-c4ccccc4)c3)cc(-c3cccc(-c4nc(-c5ccccc5)nc(-c5ccccc5)n4)c3)c2)cc1. The lowest BCUT2D eigenvalue weighted by atomic mass is 9.91. The summed E-state index contributed by atoms with van der Waals surface area (Å²) in [5.41, 5.74) is 15.5. The van der Waals surface area contributed by atoms with Gasteiger partial charge in [0.05, 0.1) is 11.0 Å². The van der Waals surface area contributed by atoms with E-state index in [4.69, 9.17) is 15.0 Å². The fourth-order valence-corrected chi connectivity index (χ4v) is 8.42. The number of rotatable bonds is 8. The molecule has 9 aromatic carbocycles. The molecule has 0 saturated carbocycles. The summed E-state index contributed by atoms with van der Waals surface area (Å²) < 4.78 is 2.36. The Hall–Kier alpha value is -8.21. The van der Waals surface area contributed by atoms with Crippen molar-refractivity contribution >= 4 is 21.8 Å². The highest BCUT2D eigenvalue weighted by atomic mass is 15.0. The van der Waals surface area contributed by atoms with Crippen LogP contribution in [0.5, 0.6) is 0 Å². The maximum absolute atomic E-state index is 5.03. The van der Waals surface area contributed by atoms with Crippen molar-refractivity contribution < 1.29 is 0 Å². The molecule has 286 valence electrons. The Labute approximate surface area is 354 Å². The van der Waals surface area contributed by atoms with Gasteiger partial charge in [-0.05, 0) is 105 Å². The maximum Gasteiger partial charge on any atom is 0.164 e. The van der Waals surface area contributed by atoms with E-state index in [2.05, 4.69) is 174 Å². The molecule has 0 aliphatic carbocycles. The number of para-hydroxylation sites is 2. The van der Waals surface area contributed by atoms with Gasteiger partial charge < -0.3 is 4.57 Å². The molecule has 0 N–H and O–H groups in total. The van der Waals surface area contributed by atoms with Crippen LogP contribution in [0.25, 0.3) is 106 Å². The largest absolute Gasteiger partial charge is 0.309 e. The van der Waals surface area contributed by atoms with Crippen LogP contribution in [0.15, 0.2) is 231 Å². The van der Waals surface area contributed by atoms with Crippen molar-refractivity contribution in [3.8, 4) is 84.4 Å². The van der Waals surface area contributed by atoms with Crippen molar-refractivity contribution in [3.05, 3.63) is 231 Å². The van der Waals surface area contributed by atoms with Gasteiger partial charge in [-0.25, -0.2) is 15.0 Å². The first-order valence-corrected chi connectivity index (χ1v) is 20.6. The zero-order valence-electron chi connectivity index (χ0n) is 33.2. The smallest absolute Gasteiger partial charge is 0.164 e. The van der Waals surface area contributed by atoms with Crippen molar-refractivity contribution in [1.29, 1.82) is 0 Å². The molecule has 0 unspecified atom stereocenters. The molecule has 0 saturated heterocycles. The van der Waals surface area contributed by atoms with Crippen molar-refractivity contribution in [2.75, 3.05) is 0 Å². The van der Waals surface area contributed by atoms with E-state index in [-0.39, 0.29) is 0 Å². The Morgan fingerprint density at radius 1 is 0.230 bits per heavy atom. The number of hydrogen-bond acceptors (Lipinski definition) is 3. The Balaban J connectivity index is 1.02. The Bertz CT molecular complexity index is 3280. The van der Waals surface area contributed by atoms with E-state index in [0.29, 0.717) is 17.5 Å². The highest BCUT2D eigenvalue weighted by Gasteiger charge is 2.16. The van der Waals surface area contributed by atoms with Gasteiger partial charge in [-0.1, -0.05) is 170 Å². The number of hydrogen-bond donors (Lipinski definition) is 0. The monoisotopic (exact) mass is 778 g/mol. The summed E-state index contributed by atoms with van der Waals surface area (Å²) in [6.45, 7) is 0. The van der Waals surface area contributed by atoms with Gasteiger partial charge in [0.1, 0.15) is 0 Å². The highest BCUT2D eigenvalue weighted by molar-refractivity contribution is 6.10. The van der Waals surface area contributed by atoms with Crippen LogP contribution in [-0.4, -0.2) is 19.5 Å². The minimum Gasteiger partial charge on any atom is -0.309 e. The summed E-state index contributed by atoms with van der Waals surface area (Å²) in [7, 11) is 0. The van der Waals surface area contributed by atoms with Gasteiger partial charge in [-0.15, -0.1) is 0 Å². The fourth-order valence-electron chi connectivity index (χ4n) is 8.42. The van der Waals surface area contributed by atoms with Crippen LogP contribution in [0, 0.1) is 0 Å². The molecule has 0 aliphatic heterocycles. The van der Waals surface area contributed by atoms with Gasteiger partial charge in [-0.3, -0.25) is 0 Å². The van der Waals surface area contributed by atoms with Crippen LogP contribution in [0.1, 0.15) is 0 Å². The van der Waals surface area contributed by atoms with Crippen LogP contribution in [-0.2, 0) is 0 Å². The molecule has 2 aromatic heterocycles. The van der Waals surface area contributed by atoms with Crippen LogP contribution >= 0.6 is 0 Å². The lowest BCUT2D eigenvalue weighted by Crippen LogP contribution is -2.00. The molecule has 0 aliphatic rings. The molecular formula is C57H38N4. The molecule has 0 amide bonds. The maximum atomic E-state index is 5.03. The molecule has 4 heteroatoms. The van der Waals surface area contributed by atoms with Gasteiger partial charge in [0.25, 0.3) is 0 Å². The van der Waals surface area contributed by atoms with Gasteiger partial charge in [-0.2, -0.15) is 0 Å². The Morgan fingerprint density at radius 3 is 1.20 bits per heavy atom. The van der Waals surface area contributed by atoms with Crippen LogP contribution in [0.4, 0.5) is 0 Å². The molecule has 11 rings (SSSR count). The predicted octanol–water partition coefficient (Wildman–Crippen LogP) is 14.6. The molecule has 4 nitrogen and oxygen atoms in total. The van der Waals surface area contributed by atoms with Gasteiger partial charge in [0, 0.05) is 33.2 Å². The third-order valence-electron chi connectivity index (χ3n) is 11.4. The molecule has 0 spiro atoms. The van der Waals surface area contributed by atoms with Crippen LogP contribution in [0.2, 0.25) is 0 Å². The summed E-state index contributed by atoms with van der Waals surface area (Å²) >= 11 is 0. The molecule has 0 atom stereocenters. The molecule has 0 fully saturated rings. The Kier molecular flexibility index (Phi) is 9.14. The molecule has 0 radical (unpaired) electrons. The second-order valence-electron chi connectivity index (χ2n) is 15.3. The fraction of sp³-hybridized carbons (Fsp3) is 0. The standard InChI is InChI=1S/C57H38N4/c1-5-17-39(18-6-1)47-35-48(43-24-15-23-42(33-43)45-31-32-54-52(38-45)51-29-13-14-30-53(51)61(54)50-27-11-4-12-28-50)37-49(36-47)44-25-16-26-46(34-44)57-59-55(40-19-7-2-8-20-40)58-56(60-57)41-21-9-3-10-22-41/h1-38H. The lowest BCUT2D eigenvalue weighted by Gasteiger charge is -2.14. The van der Waals surface area contributed by atoms with Crippen molar-refractivity contribution in [2.24, 2.45) is 0 Å². The zero-order chi connectivity index (χ0) is 40.5. The third kappa shape index (κ3) is 6.96. The number of aromatic nitrogens is 4. The number of benzene rings is 9. The van der Waals surface area contributed by atoms with Crippen LogP contribution in [0.3, 0.4) is 0 Å². The highest BCUT2D eigenvalue weighted by Crippen LogP contribution is 2.38. The van der Waals surface area contributed by atoms with Crippen molar-refractivity contribution in [3.63, 3.8) is 0 Å². The van der Waals surface area contributed by atoms with Gasteiger partial charge >= 0.3 is 0 Å². The first-order valence-electron chi connectivity index (χ1n) is 20.6. The quantitative estimate of drug-likeness (QED) is 0.154. The molecule has 0 bridgehead atoms. The minimum absolute atomic E-state index is 0.630. The number of nitrogens with zero attached hydrogens (tertiary/aromatic N) is 4. The van der Waals surface area contributed by atoms with E-state index in [1.807, 2.05) is 60.7 Å². The average Bonchev–Trinajstić information content (AvgIpc) is 3.68.